The Morgan fingerprint density at radius 2 is 1.22 bits per heavy atom. The van der Waals surface area contributed by atoms with Gasteiger partial charge in [0.05, 0.1) is 24.5 Å². The van der Waals surface area contributed by atoms with Gasteiger partial charge in [-0.3, -0.25) is 20.2 Å². The van der Waals surface area contributed by atoms with Gasteiger partial charge in [0.25, 0.3) is 5.91 Å². The number of nitrogens with one attached hydrogen (secondary N) is 1. The molecule has 2 aromatic heterocycles. The maximum atomic E-state index is 12.9. The van der Waals surface area contributed by atoms with Crippen molar-refractivity contribution in [2.45, 2.75) is 13.1 Å². The summed E-state index contributed by atoms with van der Waals surface area (Å²) in [6, 6.07) is 29.2. The second-order valence-corrected chi connectivity index (χ2v) is 7.31. The molecule has 0 unspecified atom stereocenters. The van der Waals surface area contributed by atoms with Gasteiger partial charge in [-0.1, -0.05) is 66.7 Å². The van der Waals surface area contributed by atoms with Crippen LogP contribution in [0.2, 0.25) is 0 Å². The van der Waals surface area contributed by atoms with E-state index in [0.717, 1.165) is 22.5 Å². The first kappa shape index (κ1) is 21.2. The van der Waals surface area contributed by atoms with Gasteiger partial charge >= 0.3 is 0 Å². The summed E-state index contributed by atoms with van der Waals surface area (Å²) in [5, 5.41) is 1.83. The quantitative estimate of drug-likeness (QED) is 0.322. The first-order chi connectivity index (χ1) is 15.8. The topological polar surface area (TPSA) is 58.1 Å². The maximum absolute atomic E-state index is 12.9. The van der Waals surface area contributed by atoms with E-state index in [4.69, 9.17) is 0 Å². The molecule has 0 radical (unpaired) electrons. The van der Waals surface area contributed by atoms with Crippen LogP contribution in [0.25, 0.3) is 12.2 Å². The van der Waals surface area contributed by atoms with Gasteiger partial charge < -0.3 is 0 Å². The highest BCUT2D eigenvalue weighted by Crippen LogP contribution is 2.11. The average molecular weight is 421 g/mol. The van der Waals surface area contributed by atoms with E-state index < -0.39 is 0 Å². The third kappa shape index (κ3) is 6.20. The van der Waals surface area contributed by atoms with E-state index in [1.807, 2.05) is 89.9 Å². The van der Waals surface area contributed by atoms with Crippen LogP contribution in [0.3, 0.4) is 0 Å². The number of nitrogens with zero attached hydrogens (tertiary/aromatic N) is 3. The summed E-state index contributed by atoms with van der Waals surface area (Å²) >= 11 is 0. The molecular formula is C27H24N4O. The molecular weight excluding hydrogens is 396 g/mol. The Labute approximate surface area is 188 Å². The molecule has 1 amide bonds. The standard InChI is InChI=1S/C27H24N4O/c32-27(24-16-14-23(15-17-24)13-12-22-8-2-1-3-9-22)30-31(20-25-10-4-6-18-28-25)21-26-11-5-7-19-29-26/h1-19H,20-21H2,(H,30,32)/b13-12+. The van der Waals surface area contributed by atoms with Crippen molar-refractivity contribution >= 4 is 18.1 Å². The zero-order valence-corrected chi connectivity index (χ0v) is 17.6. The van der Waals surface area contributed by atoms with Crippen LogP contribution in [0, 0.1) is 0 Å². The Hall–Kier alpha value is -4.09. The molecule has 2 heterocycles. The lowest BCUT2D eigenvalue weighted by atomic mass is 10.1. The van der Waals surface area contributed by atoms with Crippen molar-refractivity contribution in [2.24, 2.45) is 0 Å². The van der Waals surface area contributed by atoms with Crippen LogP contribution >= 0.6 is 0 Å². The molecule has 0 atom stereocenters. The fourth-order valence-electron chi connectivity index (χ4n) is 3.22. The molecule has 158 valence electrons. The fourth-order valence-corrected chi connectivity index (χ4v) is 3.22. The highest BCUT2D eigenvalue weighted by atomic mass is 16.2. The molecule has 5 heteroatoms. The SMILES string of the molecule is O=C(NN(Cc1ccccn1)Cc1ccccn1)c1ccc(/C=C/c2ccccc2)cc1. The van der Waals surface area contributed by atoms with Gasteiger partial charge in [0.15, 0.2) is 0 Å². The average Bonchev–Trinajstić information content (AvgIpc) is 2.85. The monoisotopic (exact) mass is 420 g/mol. The number of carbonyl (C=O) groups excluding carboxylic acids is 1. The van der Waals surface area contributed by atoms with Crippen molar-refractivity contribution in [2.75, 3.05) is 0 Å². The molecule has 2 aromatic carbocycles. The summed E-state index contributed by atoms with van der Waals surface area (Å²) in [6.07, 6.45) is 7.58. The Bertz CT molecular complexity index is 1100. The number of hydrazine groups is 1. The number of benzene rings is 2. The molecule has 0 bridgehead atoms. The first-order valence-electron chi connectivity index (χ1n) is 10.5. The third-order valence-corrected chi connectivity index (χ3v) is 4.86. The summed E-state index contributed by atoms with van der Waals surface area (Å²) < 4.78 is 0. The van der Waals surface area contributed by atoms with E-state index in [2.05, 4.69) is 33.6 Å². The summed E-state index contributed by atoms with van der Waals surface area (Å²) in [4.78, 5) is 21.7. The van der Waals surface area contributed by atoms with Crippen LogP contribution in [0.5, 0.6) is 0 Å². The van der Waals surface area contributed by atoms with Crippen LogP contribution in [-0.4, -0.2) is 20.9 Å². The molecule has 4 aromatic rings. The third-order valence-electron chi connectivity index (χ3n) is 4.86. The summed E-state index contributed by atoms with van der Waals surface area (Å²) in [5.41, 5.74) is 7.49. The predicted octanol–water partition coefficient (Wildman–Crippen LogP) is 4.99. The lowest BCUT2D eigenvalue weighted by Gasteiger charge is -2.22. The zero-order chi connectivity index (χ0) is 22.0. The van der Waals surface area contributed by atoms with Crippen molar-refractivity contribution < 1.29 is 4.79 Å². The number of amides is 1. The number of carbonyl (C=O) groups is 1. The zero-order valence-electron chi connectivity index (χ0n) is 17.6. The molecule has 0 saturated carbocycles. The minimum Gasteiger partial charge on any atom is -0.284 e. The minimum absolute atomic E-state index is 0.171. The van der Waals surface area contributed by atoms with Crippen molar-refractivity contribution in [1.29, 1.82) is 0 Å². The van der Waals surface area contributed by atoms with Gasteiger partial charge in [-0.05, 0) is 47.5 Å². The molecule has 5 nitrogen and oxygen atoms in total. The summed E-state index contributed by atoms with van der Waals surface area (Å²) in [5.74, 6) is -0.171. The van der Waals surface area contributed by atoms with Gasteiger partial charge in [0.2, 0.25) is 0 Å². The Balaban J connectivity index is 1.44. The van der Waals surface area contributed by atoms with E-state index in [0.29, 0.717) is 18.7 Å². The summed E-state index contributed by atoms with van der Waals surface area (Å²) in [7, 11) is 0. The van der Waals surface area contributed by atoms with E-state index in [1.54, 1.807) is 12.4 Å². The summed E-state index contributed by atoms with van der Waals surface area (Å²) in [6.45, 7) is 0.947. The van der Waals surface area contributed by atoms with Crippen LogP contribution in [0.15, 0.2) is 103 Å². The lowest BCUT2D eigenvalue weighted by molar-refractivity contribution is 0.0754. The lowest BCUT2D eigenvalue weighted by Crippen LogP contribution is -2.41. The Kier molecular flexibility index (Phi) is 7.14. The van der Waals surface area contributed by atoms with E-state index in [9.17, 15) is 4.79 Å². The Morgan fingerprint density at radius 3 is 1.75 bits per heavy atom. The van der Waals surface area contributed by atoms with Crippen molar-refractivity contribution in [1.82, 2.24) is 20.4 Å². The smallest absolute Gasteiger partial charge is 0.265 e. The van der Waals surface area contributed by atoms with Gasteiger partial charge in [0.1, 0.15) is 0 Å². The van der Waals surface area contributed by atoms with Crippen molar-refractivity contribution in [3.05, 3.63) is 131 Å². The van der Waals surface area contributed by atoms with Gasteiger partial charge in [-0.25, -0.2) is 5.01 Å². The Morgan fingerprint density at radius 1 is 0.688 bits per heavy atom. The highest BCUT2D eigenvalue weighted by molar-refractivity contribution is 5.94. The largest absolute Gasteiger partial charge is 0.284 e. The number of hydrogen-bond acceptors (Lipinski definition) is 4. The fraction of sp³-hybridized carbons (Fsp3) is 0.0741. The van der Waals surface area contributed by atoms with Crippen LogP contribution in [-0.2, 0) is 13.1 Å². The molecule has 4 rings (SSSR count). The van der Waals surface area contributed by atoms with E-state index in [1.165, 1.54) is 0 Å². The molecule has 0 spiro atoms. The molecule has 0 aliphatic carbocycles. The number of hydrogen-bond donors (Lipinski definition) is 1. The number of pyridine rings is 2. The number of rotatable bonds is 8. The molecule has 32 heavy (non-hydrogen) atoms. The molecule has 0 aliphatic heterocycles. The van der Waals surface area contributed by atoms with Crippen LogP contribution in [0.1, 0.15) is 32.9 Å². The van der Waals surface area contributed by atoms with Crippen LogP contribution in [0.4, 0.5) is 0 Å². The maximum Gasteiger partial charge on any atom is 0.265 e. The van der Waals surface area contributed by atoms with Gasteiger partial charge in [-0.2, -0.15) is 0 Å². The highest BCUT2D eigenvalue weighted by Gasteiger charge is 2.13. The van der Waals surface area contributed by atoms with E-state index >= 15 is 0 Å². The van der Waals surface area contributed by atoms with Gasteiger partial charge in [0, 0.05) is 18.0 Å². The predicted molar refractivity (Wildman–Crippen MR) is 127 cm³/mol. The molecule has 1 N–H and O–H groups in total. The normalized spacial score (nSPS) is 11.0. The van der Waals surface area contributed by atoms with E-state index in [-0.39, 0.29) is 5.91 Å². The molecule has 0 fully saturated rings. The van der Waals surface area contributed by atoms with Crippen molar-refractivity contribution in [3.8, 4) is 0 Å². The number of aromatic nitrogens is 2. The second kappa shape index (κ2) is 10.8. The molecule has 0 saturated heterocycles. The van der Waals surface area contributed by atoms with Gasteiger partial charge in [-0.15, -0.1) is 0 Å². The first-order valence-corrected chi connectivity index (χ1v) is 10.5. The second-order valence-electron chi connectivity index (χ2n) is 7.31. The van der Waals surface area contributed by atoms with Crippen LogP contribution < -0.4 is 5.43 Å². The minimum atomic E-state index is -0.171. The molecule has 0 aliphatic rings. The van der Waals surface area contributed by atoms with Crippen molar-refractivity contribution in [3.63, 3.8) is 0 Å².